The fourth-order valence-electron chi connectivity index (χ4n) is 2.97. The zero-order chi connectivity index (χ0) is 17.6. The maximum Gasteiger partial charge on any atom is 0.220 e. The van der Waals surface area contributed by atoms with E-state index in [-0.39, 0.29) is 17.9 Å². The van der Waals surface area contributed by atoms with E-state index in [1.807, 2.05) is 32.0 Å². The van der Waals surface area contributed by atoms with Crippen LogP contribution in [0.1, 0.15) is 50.8 Å². The van der Waals surface area contributed by atoms with E-state index in [0.29, 0.717) is 24.6 Å². The van der Waals surface area contributed by atoms with Crippen molar-refractivity contribution in [2.45, 2.75) is 51.5 Å². The molecule has 7 nitrogen and oxygen atoms in total. The number of anilines is 1. The van der Waals surface area contributed by atoms with Gasteiger partial charge in [0.05, 0.1) is 0 Å². The number of hydrogen-bond donors (Lipinski definition) is 1. The lowest BCUT2D eigenvalue weighted by Gasteiger charge is -2.33. The van der Waals surface area contributed by atoms with Gasteiger partial charge >= 0.3 is 0 Å². The van der Waals surface area contributed by atoms with Crippen LogP contribution < -0.4 is 10.2 Å². The molecule has 0 saturated carbocycles. The largest absolute Gasteiger partial charge is 0.425 e. The summed E-state index contributed by atoms with van der Waals surface area (Å²) in [6.07, 6.45) is 4.67. The monoisotopic (exact) mass is 343 g/mol. The van der Waals surface area contributed by atoms with Crippen LogP contribution in [0.15, 0.2) is 28.8 Å². The van der Waals surface area contributed by atoms with Crippen LogP contribution in [-0.4, -0.2) is 40.2 Å². The molecule has 1 aliphatic heterocycles. The van der Waals surface area contributed by atoms with Crippen molar-refractivity contribution in [3.8, 4) is 0 Å². The summed E-state index contributed by atoms with van der Waals surface area (Å²) in [5.41, 5.74) is 0. The first-order valence-corrected chi connectivity index (χ1v) is 8.89. The normalized spacial score (nSPS) is 17.7. The lowest BCUT2D eigenvalue weighted by molar-refractivity contribution is -0.121. The van der Waals surface area contributed by atoms with Gasteiger partial charge in [-0.3, -0.25) is 4.79 Å². The van der Waals surface area contributed by atoms with Crippen molar-refractivity contribution in [3.05, 3.63) is 36.2 Å². The van der Waals surface area contributed by atoms with Crippen LogP contribution in [0.25, 0.3) is 0 Å². The van der Waals surface area contributed by atoms with Crippen LogP contribution in [0.4, 0.5) is 5.82 Å². The summed E-state index contributed by atoms with van der Waals surface area (Å²) in [6, 6.07) is 6.05. The van der Waals surface area contributed by atoms with Gasteiger partial charge in [-0.2, -0.15) is 0 Å². The van der Waals surface area contributed by atoms with Crippen molar-refractivity contribution in [1.82, 2.24) is 20.5 Å². The molecule has 0 aromatic carbocycles. The SMILES string of the molecule is CC(C)c1nnc(CCC(=O)N[C@@H]2CCCN(c3ccccn3)C2)o1. The van der Waals surface area contributed by atoms with Crippen LogP contribution in [0.3, 0.4) is 0 Å². The Morgan fingerprint density at radius 2 is 2.28 bits per heavy atom. The topological polar surface area (TPSA) is 84.2 Å². The van der Waals surface area contributed by atoms with Gasteiger partial charge in [0, 0.05) is 44.1 Å². The highest BCUT2D eigenvalue weighted by Crippen LogP contribution is 2.17. The molecular formula is C18H25N5O2. The number of hydrogen-bond acceptors (Lipinski definition) is 6. The number of aryl methyl sites for hydroxylation is 1. The molecule has 0 bridgehead atoms. The molecule has 0 aliphatic carbocycles. The zero-order valence-electron chi connectivity index (χ0n) is 14.8. The molecule has 2 aromatic heterocycles. The van der Waals surface area contributed by atoms with E-state index in [1.165, 1.54) is 0 Å². The molecule has 2 aromatic rings. The summed E-state index contributed by atoms with van der Waals surface area (Å²) in [4.78, 5) is 18.9. The molecule has 0 spiro atoms. The summed E-state index contributed by atoms with van der Waals surface area (Å²) >= 11 is 0. The Morgan fingerprint density at radius 1 is 1.40 bits per heavy atom. The summed E-state index contributed by atoms with van der Waals surface area (Å²) < 4.78 is 5.54. The van der Waals surface area contributed by atoms with Crippen molar-refractivity contribution in [2.75, 3.05) is 18.0 Å². The number of amides is 1. The minimum absolute atomic E-state index is 0.0252. The van der Waals surface area contributed by atoms with Crippen LogP contribution in [0.2, 0.25) is 0 Å². The molecule has 0 radical (unpaired) electrons. The Kier molecular flexibility index (Phi) is 5.63. The minimum atomic E-state index is 0.0252. The second-order valence-corrected chi connectivity index (χ2v) is 6.73. The number of aromatic nitrogens is 3. The molecule has 0 unspecified atom stereocenters. The third-order valence-corrected chi connectivity index (χ3v) is 4.30. The summed E-state index contributed by atoms with van der Waals surface area (Å²) in [7, 11) is 0. The Hall–Kier alpha value is -2.44. The van der Waals surface area contributed by atoms with Gasteiger partial charge in [0.2, 0.25) is 17.7 Å². The first-order chi connectivity index (χ1) is 12.1. The van der Waals surface area contributed by atoms with Crippen molar-refractivity contribution in [3.63, 3.8) is 0 Å². The fourth-order valence-corrected chi connectivity index (χ4v) is 2.97. The highest BCUT2D eigenvalue weighted by atomic mass is 16.4. The number of carbonyl (C=O) groups is 1. The molecule has 1 N–H and O–H groups in total. The molecule has 1 amide bonds. The molecule has 25 heavy (non-hydrogen) atoms. The van der Waals surface area contributed by atoms with E-state index in [2.05, 4.69) is 25.4 Å². The first kappa shape index (κ1) is 17.4. The summed E-state index contributed by atoms with van der Waals surface area (Å²) in [5, 5.41) is 11.1. The predicted molar refractivity (Wildman–Crippen MR) is 94.3 cm³/mol. The molecule has 1 aliphatic rings. The van der Waals surface area contributed by atoms with E-state index in [0.717, 1.165) is 31.7 Å². The van der Waals surface area contributed by atoms with Gasteiger partial charge in [0.1, 0.15) is 5.82 Å². The van der Waals surface area contributed by atoms with E-state index in [9.17, 15) is 4.79 Å². The number of rotatable bonds is 6. The molecular weight excluding hydrogens is 318 g/mol. The number of nitrogens with zero attached hydrogens (tertiary/aromatic N) is 4. The average Bonchev–Trinajstić information content (AvgIpc) is 3.10. The molecule has 3 rings (SSSR count). The van der Waals surface area contributed by atoms with Gasteiger partial charge in [-0.15, -0.1) is 10.2 Å². The van der Waals surface area contributed by atoms with Crippen molar-refractivity contribution in [1.29, 1.82) is 0 Å². The third-order valence-electron chi connectivity index (χ3n) is 4.30. The van der Waals surface area contributed by atoms with E-state index < -0.39 is 0 Å². The second-order valence-electron chi connectivity index (χ2n) is 6.73. The van der Waals surface area contributed by atoms with Gasteiger partial charge < -0.3 is 14.6 Å². The Bertz CT molecular complexity index is 686. The first-order valence-electron chi connectivity index (χ1n) is 8.89. The predicted octanol–water partition coefficient (Wildman–Crippen LogP) is 2.31. The van der Waals surface area contributed by atoms with Gasteiger partial charge in [-0.05, 0) is 25.0 Å². The fraction of sp³-hybridized carbons (Fsp3) is 0.556. The number of piperidine rings is 1. The molecule has 3 heterocycles. The zero-order valence-corrected chi connectivity index (χ0v) is 14.8. The number of carbonyl (C=O) groups excluding carboxylic acids is 1. The standard InChI is InChI=1S/C18H25N5O2/c1-13(2)18-22-21-17(25-18)9-8-16(24)20-14-6-5-11-23(12-14)15-7-3-4-10-19-15/h3-4,7,10,13-14H,5-6,8-9,11-12H2,1-2H3,(H,20,24)/t14-/m1/s1. The maximum absolute atomic E-state index is 12.2. The van der Waals surface area contributed by atoms with Gasteiger partial charge in [-0.25, -0.2) is 4.98 Å². The van der Waals surface area contributed by atoms with Crippen molar-refractivity contribution < 1.29 is 9.21 Å². The van der Waals surface area contributed by atoms with Crippen molar-refractivity contribution in [2.24, 2.45) is 0 Å². The lowest BCUT2D eigenvalue weighted by Crippen LogP contribution is -2.48. The van der Waals surface area contributed by atoms with Gasteiger partial charge in [0.25, 0.3) is 0 Å². The third kappa shape index (κ3) is 4.78. The van der Waals surface area contributed by atoms with Crippen LogP contribution in [-0.2, 0) is 11.2 Å². The van der Waals surface area contributed by atoms with Crippen molar-refractivity contribution >= 4 is 11.7 Å². The Labute approximate surface area is 147 Å². The molecule has 1 fully saturated rings. The highest BCUT2D eigenvalue weighted by Gasteiger charge is 2.22. The average molecular weight is 343 g/mol. The van der Waals surface area contributed by atoms with Crippen LogP contribution in [0, 0.1) is 0 Å². The molecule has 1 saturated heterocycles. The van der Waals surface area contributed by atoms with E-state index in [4.69, 9.17) is 4.42 Å². The smallest absolute Gasteiger partial charge is 0.220 e. The van der Waals surface area contributed by atoms with E-state index in [1.54, 1.807) is 6.20 Å². The van der Waals surface area contributed by atoms with Gasteiger partial charge in [-0.1, -0.05) is 19.9 Å². The van der Waals surface area contributed by atoms with E-state index >= 15 is 0 Å². The lowest BCUT2D eigenvalue weighted by atomic mass is 10.1. The quantitative estimate of drug-likeness (QED) is 0.866. The molecule has 7 heteroatoms. The Morgan fingerprint density at radius 3 is 3.00 bits per heavy atom. The Balaban J connectivity index is 1.47. The number of nitrogens with one attached hydrogen (secondary N) is 1. The van der Waals surface area contributed by atoms with Crippen LogP contribution >= 0.6 is 0 Å². The second kappa shape index (κ2) is 8.09. The summed E-state index contributed by atoms with van der Waals surface area (Å²) in [5.74, 6) is 2.34. The van der Waals surface area contributed by atoms with Gasteiger partial charge in [0.15, 0.2) is 0 Å². The minimum Gasteiger partial charge on any atom is -0.425 e. The molecule has 134 valence electrons. The molecule has 1 atom stereocenters. The maximum atomic E-state index is 12.2. The number of pyridine rings is 1. The highest BCUT2D eigenvalue weighted by molar-refractivity contribution is 5.76. The summed E-state index contributed by atoms with van der Waals surface area (Å²) in [6.45, 7) is 5.77. The van der Waals surface area contributed by atoms with Crippen LogP contribution in [0.5, 0.6) is 0 Å².